The van der Waals surface area contributed by atoms with E-state index in [1.54, 1.807) is 0 Å². The summed E-state index contributed by atoms with van der Waals surface area (Å²) in [6, 6.07) is 6.86. The van der Waals surface area contributed by atoms with Crippen LogP contribution in [0.25, 0.3) is 0 Å². The molecule has 0 aromatic heterocycles. The molecule has 2 nitrogen and oxygen atoms in total. The standard InChI is InChI=1S/C17H24BrNO/c1-3-15-13-5-4-11(18)10-14(13)16(19)17(15)8-6-12(20-2)7-9-17/h4-5,10,12,15-16H,3,6-9,19H2,1-2H3. The monoisotopic (exact) mass is 337 g/mol. The highest BCUT2D eigenvalue weighted by Crippen LogP contribution is 2.61. The van der Waals surface area contributed by atoms with Gasteiger partial charge in [0.25, 0.3) is 0 Å². The van der Waals surface area contributed by atoms with Gasteiger partial charge in [-0.25, -0.2) is 0 Å². The van der Waals surface area contributed by atoms with Gasteiger partial charge in [-0.2, -0.15) is 0 Å². The molecule has 0 bridgehead atoms. The summed E-state index contributed by atoms with van der Waals surface area (Å²) < 4.78 is 6.69. The molecule has 0 aliphatic heterocycles. The molecule has 1 saturated carbocycles. The number of benzene rings is 1. The lowest BCUT2D eigenvalue weighted by Gasteiger charge is -2.44. The van der Waals surface area contributed by atoms with Crippen molar-refractivity contribution in [1.29, 1.82) is 0 Å². The quantitative estimate of drug-likeness (QED) is 0.860. The van der Waals surface area contributed by atoms with Crippen molar-refractivity contribution >= 4 is 15.9 Å². The number of hydrogen-bond donors (Lipinski definition) is 1. The van der Waals surface area contributed by atoms with Gasteiger partial charge in [0.15, 0.2) is 0 Å². The highest BCUT2D eigenvalue weighted by Gasteiger charge is 2.52. The molecule has 3 heteroatoms. The number of ether oxygens (including phenoxy) is 1. The molecule has 0 heterocycles. The number of fused-ring (bicyclic) bond motifs is 1. The average Bonchev–Trinajstić information content (AvgIpc) is 2.69. The van der Waals surface area contributed by atoms with Crippen molar-refractivity contribution in [3.63, 3.8) is 0 Å². The van der Waals surface area contributed by atoms with E-state index in [0.717, 1.165) is 17.3 Å². The Morgan fingerprint density at radius 3 is 2.60 bits per heavy atom. The summed E-state index contributed by atoms with van der Waals surface area (Å²) in [6.07, 6.45) is 6.29. The molecule has 2 N–H and O–H groups in total. The average molecular weight is 338 g/mol. The molecule has 2 atom stereocenters. The van der Waals surface area contributed by atoms with Gasteiger partial charge in [0.1, 0.15) is 0 Å². The van der Waals surface area contributed by atoms with Gasteiger partial charge in [0.2, 0.25) is 0 Å². The minimum Gasteiger partial charge on any atom is -0.381 e. The lowest BCUT2D eigenvalue weighted by atomic mass is 9.63. The highest BCUT2D eigenvalue weighted by atomic mass is 79.9. The maximum Gasteiger partial charge on any atom is 0.0571 e. The van der Waals surface area contributed by atoms with Crippen LogP contribution in [0, 0.1) is 5.41 Å². The first-order valence-corrected chi connectivity index (χ1v) is 8.49. The molecule has 2 unspecified atom stereocenters. The summed E-state index contributed by atoms with van der Waals surface area (Å²) in [4.78, 5) is 0. The van der Waals surface area contributed by atoms with Crippen molar-refractivity contribution < 1.29 is 4.74 Å². The van der Waals surface area contributed by atoms with Gasteiger partial charge in [-0.15, -0.1) is 0 Å². The van der Waals surface area contributed by atoms with Crippen molar-refractivity contribution in [1.82, 2.24) is 0 Å². The Labute approximate surface area is 130 Å². The van der Waals surface area contributed by atoms with Crippen molar-refractivity contribution in [2.24, 2.45) is 11.1 Å². The molecular formula is C17H24BrNO. The third-order valence-corrected chi connectivity index (χ3v) is 6.17. The van der Waals surface area contributed by atoms with Gasteiger partial charge in [-0.1, -0.05) is 28.9 Å². The molecule has 1 spiro atoms. The molecule has 1 aromatic rings. The first-order chi connectivity index (χ1) is 9.62. The Morgan fingerprint density at radius 1 is 1.30 bits per heavy atom. The maximum atomic E-state index is 6.72. The molecule has 0 radical (unpaired) electrons. The maximum absolute atomic E-state index is 6.72. The molecule has 3 rings (SSSR count). The lowest BCUT2D eigenvalue weighted by Crippen LogP contribution is -2.39. The fourth-order valence-electron chi connectivity index (χ4n) is 4.62. The largest absolute Gasteiger partial charge is 0.381 e. The van der Waals surface area contributed by atoms with Crippen LogP contribution in [0.2, 0.25) is 0 Å². The van der Waals surface area contributed by atoms with Crippen molar-refractivity contribution in [3.8, 4) is 0 Å². The number of hydrogen-bond acceptors (Lipinski definition) is 2. The van der Waals surface area contributed by atoms with Crippen LogP contribution in [0.15, 0.2) is 22.7 Å². The SMILES string of the molecule is CCC1c2ccc(Br)cc2C(N)C12CCC(OC)CC2. The Hall–Kier alpha value is -0.380. The summed E-state index contributed by atoms with van der Waals surface area (Å²) in [7, 11) is 1.83. The van der Waals surface area contributed by atoms with Crippen molar-refractivity contribution in [3.05, 3.63) is 33.8 Å². The Bertz CT molecular complexity index is 494. The Morgan fingerprint density at radius 2 is 2.00 bits per heavy atom. The second-order valence-electron chi connectivity index (χ2n) is 6.38. The van der Waals surface area contributed by atoms with Crippen LogP contribution in [0.4, 0.5) is 0 Å². The van der Waals surface area contributed by atoms with E-state index in [9.17, 15) is 0 Å². The Kier molecular flexibility index (Phi) is 3.95. The molecular weight excluding hydrogens is 314 g/mol. The number of halogens is 1. The van der Waals surface area contributed by atoms with E-state index < -0.39 is 0 Å². The minimum absolute atomic E-state index is 0.178. The summed E-state index contributed by atoms with van der Waals surface area (Å²) in [5.41, 5.74) is 9.82. The van der Waals surface area contributed by atoms with Crippen LogP contribution in [0.5, 0.6) is 0 Å². The van der Waals surface area contributed by atoms with Gasteiger partial charge < -0.3 is 10.5 Å². The van der Waals surface area contributed by atoms with Crippen LogP contribution >= 0.6 is 15.9 Å². The first kappa shape index (κ1) is 14.6. The minimum atomic E-state index is 0.178. The zero-order chi connectivity index (χ0) is 14.3. The zero-order valence-electron chi connectivity index (χ0n) is 12.4. The lowest BCUT2D eigenvalue weighted by molar-refractivity contribution is 0.00897. The fourth-order valence-corrected chi connectivity index (χ4v) is 5.00. The van der Waals surface area contributed by atoms with Gasteiger partial charge in [-0.05, 0) is 66.7 Å². The number of methoxy groups -OCH3 is 1. The summed E-state index contributed by atoms with van der Waals surface area (Å²) in [5.74, 6) is 0.610. The normalized spacial score (nSPS) is 36.3. The second kappa shape index (κ2) is 5.43. The first-order valence-electron chi connectivity index (χ1n) is 7.70. The van der Waals surface area contributed by atoms with E-state index in [2.05, 4.69) is 41.1 Å². The smallest absolute Gasteiger partial charge is 0.0571 e. The molecule has 1 aromatic carbocycles. The predicted molar refractivity (Wildman–Crippen MR) is 85.8 cm³/mol. The van der Waals surface area contributed by atoms with Crippen molar-refractivity contribution in [2.75, 3.05) is 7.11 Å². The molecule has 110 valence electrons. The van der Waals surface area contributed by atoms with Crippen molar-refractivity contribution in [2.45, 2.75) is 57.1 Å². The second-order valence-corrected chi connectivity index (χ2v) is 7.30. The summed E-state index contributed by atoms with van der Waals surface area (Å²) >= 11 is 3.59. The van der Waals surface area contributed by atoms with Gasteiger partial charge in [-0.3, -0.25) is 0 Å². The molecule has 1 fully saturated rings. The fraction of sp³-hybridized carbons (Fsp3) is 0.647. The molecule has 0 amide bonds. The molecule has 2 aliphatic rings. The zero-order valence-corrected chi connectivity index (χ0v) is 13.9. The van der Waals surface area contributed by atoms with Crippen LogP contribution in [-0.4, -0.2) is 13.2 Å². The Balaban J connectivity index is 1.97. The summed E-state index contributed by atoms with van der Waals surface area (Å²) in [6.45, 7) is 2.30. The molecule has 0 saturated heterocycles. The van der Waals surface area contributed by atoms with E-state index in [0.29, 0.717) is 12.0 Å². The van der Waals surface area contributed by atoms with E-state index in [1.807, 2.05) is 7.11 Å². The third-order valence-electron chi connectivity index (χ3n) is 5.68. The predicted octanol–water partition coefficient (Wildman–Crippen LogP) is 4.53. The van der Waals surface area contributed by atoms with E-state index in [-0.39, 0.29) is 11.5 Å². The number of nitrogens with two attached hydrogens (primary N) is 1. The van der Waals surface area contributed by atoms with E-state index >= 15 is 0 Å². The summed E-state index contributed by atoms with van der Waals surface area (Å²) in [5, 5.41) is 0. The highest BCUT2D eigenvalue weighted by molar-refractivity contribution is 9.10. The van der Waals surface area contributed by atoms with Gasteiger partial charge >= 0.3 is 0 Å². The molecule has 20 heavy (non-hydrogen) atoms. The molecule has 2 aliphatic carbocycles. The number of rotatable bonds is 2. The van der Waals surface area contributed by atoms with Crippen LogP contribution in [-0.2, 0) is 4.74 Å². The van der Waals surface area contributed by atoms with Crippen LogP contribution in [0.1, 0.15) is 62.1 Å². The third kappa shape index (κ3) is 2.06. The van der Waals surface area contributed by atoms with Gasteiger partial charge in [0.05, 0.1) is 6.10 Å². The van der Waals surface area contributed by atoms with E-state index in [4.69, 9.17) is 10.5 Å². The van der Waals surface area contributed by atoms with Crippen LogP contribution < -0.4 is 5.73 Å². The van der Waals surface area contributed by atoms with E-state index in [1.165, 1.54) is 30.4 Å². The topological polar surface area (TPSA) is 35.2 Å². The van der Waals surface area contributed by atoms with Crippen LogP contribution in [0.3, 0.4) is 0 Å². The van der Waals surface area contributed by atoms with Gasteiger partial charge in [0, 0.05) is 17.6 Å².